The molecule has 3 nitrogen and oxygen atoms in total. The molecule has 70 valence electrons. The van der Waals surface area contributed by atoms with Gasteiger partial charge < -0.3 is 4.42 Å². The van der Waals surface area contributed by atoms with Gasteiger partial charge in [-0.25, -0.2) is 4.98 Å². The summed E-state index contributed by atoms with van der Waals surface area (Å²) >= 11 is 1.58. The number of aromatic nitrogens is 1. The molecule has 0 atom stereocenters. The van der Waals surface area contributed by atoms with E-state index in [0.29, 0.717) is 12.3 Å². The molecule has 0 radical (unpaired) electrons. The van der Waals surface area contributed by atoms with Gasteiger partial charge in [0.25, 0.3) is 0 Å². The molecule has 0 aliphatic heterocycles. The van der Waals surface area contributed by atoms with Crippen molar-refractivity contribution in [1.29, 1.82) is 5.26 Å². The predicted molar refractivity (Wildman–Crippen MR) is 53.9 cm³/mol. The normalized spacial score (nSPS) is 10.0. The molecule has 14 heavy (non-hydrogen) atoms. The van der Waals surface area contributed by atoms with Gasteiger partial charge >= 0.3 is 0 Å². The van der Waals surface area contributed by atoms with Crippen molar-refractivity contribution in [3.05, 3.63) is 29.0 Å². The largest absolute Gasteiger partial charge is 0.440 e. The zero-order valence-electron chi connectivity index (χ0n) is 7.65. The maximum atomic E-state index is 8.55. The molecule has 2 aromatic rings. The number of nitrogens with zero attached hydrogens (tertiary/aromatic N) is 2. The Balaban J connectivity index is 2.39. The summed E-state index contributed by atoms with van der Waals surface area (Å²) in [4.78, 5) is 5.26. The molecule has 0 spiro atoms. The molecular weight excluding hydrogens is 196 g/mol. The molecule has 0 saturated heterocycles. The van der Waals surface area contributed by atoms with Crippen LogP contribution in [0.25, 0.3) is 10.8 Å². The summed E-state index contributed by atoms with van der Waals surface area (Å²) in [5.41, 5.74) is 0.732. The lowest BCUT2D eigenvalue weighted by Crippen LogP contribution is -1.83. The topological polar surface area (TPSA) is 49.8 Å². The Morgan fingerprint density at radius 1 is 1.64 bits per heavy atom. The second-order valence-corrected chi connectivity index (χ2v) is 3.78. The first kappa shape index (κ1) is 8.97. The van der Waals surface area contributed by atoms with Crippen LogP contribution in [0.5, 0.6) is 0 Å². The van der Waals surface area contributed by atoms with Gasteiger partial charge in [0.2, 0.25) is 5.89 Å². The number of nitriles is 1. The molecule has 0 aliphatic carbocycles. The molecule has 0 aromatic carbocycles. The Morgan fingerprint density at radius 3 is 3.14 bits per heavy atom. The highest BCUT2D eigenvalue weighted by molar-refractivity contribution is 7.13. The van der Waals surface area contributed by atoms with Crippen molar-refractivity contribution in [1.82, 2.24) is 4.98 Å². The van der Waals surface area contributed by atoms with Crippen molar-refractivity contribution in [3.63, 3.8) is 0 Å². The SMILES string of the molecule is Cc1oc(-c2cccs2)nc1CC#N. The first-order valence-corrected chi connectivity index (χ1v) is 5.06. The maximum absolute atomic E-state index is 8.55. The number of hydrogen-bond donors (Lipinski definition) is 0. The lowest BCUT2D eigenvalue weighted by atomic mass is 10.3. The Morgan fingerprint density at radius 2 is 2.50 bits per heavy atom. The third kappa shape index (κ3) is 1.54. The summed E-state index contributed by atoms with van der Waals surface area (Å²) in [5.74, 6) is 1.35. The van der Waals surface area contributed by atoms with Gasteiger partial charge in [0.05, 0.1) is 23.1 Å². The molecule has 2 aromatic heterocycles. The molecule has 2 heterocycles. The van der Waals surface area contributed by atoms with Crippen molar-refractivity contribution in [2.75, 3.05) is 0 Å². The fourth-order valence-electron chi connectivity index (χ4n) is 1.17. The van der Waals surface area contributed by atoms with Crippen LogP contribution < -0.4 is 0 Å². The summed E-state index contributed by atoms with van der Waals surface area (Å²) in [5, 5.41) is 10.5. The molecule has 0 bridgehead atoms. The monoisotopic (exact) mass is 204 g/mol. The average Bonchev–Trinajstić information content (AvgIpc) is 2.76. The smallest absolute Gasteiger partial charge is 0.236 e. The van der Waals surface area contributed by atoms with E-state index in [9.17, 15) is 0 Å². The average molecular weight is 204 g/mol. The lowest BCUT2D eigenvalue weighted by molar-refractivity contribution is 0.541. The Labute approximate surface area is 85.6 Å². The molecule has 0 N–H and O–H groups in total. The van der Waals surface area contributed by atoms with E-state index in [2.05, 4.69) is 11.1 Å². The maximum Gasteiger partial charge on any atom is 0.236 e. The van der Waals surface area contributed by atoms with Gasteiger partial charge in [0.1, 0.15) is 5.76 Å². The Hall–Kier alpha value is -1.60. The summed E-state index contributed by atoms with van der Waals surface area (Å²) in [6.45, 7) is 1.83. The third-order valence-corrected chi connectivity index (χ3v) is 2.73. The van der Waals surface area contributed by atoms with Crippen molar-refractivity contribution in [2.45, 2.75) is 13.3 Å². The molecular formula is C10H8N2OS. The number of thiophene rings is 1. The van der Waals surface area contributed by atoms with Crippen LogP contribution in [-0.4, -0.2) is 4.98 Å². The highest BCUT2D eigenvalue weighted by Gasteiger charge is 2.11. The van der Waals surface area contributed by atoms with Crippen LogP contribution in [-0.2, 0) is 6.42 Å². The minimum Gasteiger partial charge on any atom is -0.440 e. The van der Waals surface area contributed by atoms with Crippen LogP contribution >= 0.6 is 11.3 Å². The van der Waals surface area contributed by atoms with E-state index in [1.807, 2.05) is 24.4 Å². The van der Waals surface area contributed by atoms with Crippen LogP contribution in [0.15, 0.2) is 21.9 Å². The van der Waals surface area contributed by atoms with Gasteiger partial charge in [-0.2, -0.15) is 5.26 Å². The summed E-state index contributed by atoms with van der Waals surface area (Å²) in [7, 11) is 0. The minimum absolute atomic E-state index is 0.306. The van der Waals surface area contributed by atoms with Gasteiger partial charge in [-0.05, 0) is 18.4 Å². The van der Waals surface area contributed by atoms with E-state index < -0.39 is 0 Å². The summed E-state index contributed by atoms with van der Waals surface area (Å²) in [6, 6.07) is 5.96. The molecule has 4 heteroatoms. The third-order valence-electron chi connectivity index (χ3n) is 1.87. The molecule has 0 amide bonds. The number of aryl methyl sites for hydroxylation is 1. The number of hydrogen-bond acceptors (Lipinski definition) is 4. The molecule has 2 rings (SSSR count). The van der Waals surface area contributed by atoms with Crippen LogP contribution in [0.4, 0.5) is 0 Å². The Bertz CT molecular complexity index is 465. The van der Waals surface area contributed by atoms with Gasteiger partial charge in [-0.3, -0.25) is 0 Å². The second kappa shape index (κ2) is 3.64. The molecule has 0 fully saturated rings. The van der Waals surface area contributed by atoms with E-state index >= 15 is 0 Å². The van der Waals surface area contributed by atoms with Gasteiger partial charge in [0, 0.05) is 0 Å². The van der Waals surface area contributed by atoms with Crippen LogP contribution in [0, 0.1) is 18.3 Å². The number of rotatable bonds is 2. The first-order chi connectivity index (χ1) is 6.81. The lowest BCUT2D eigenvalue weighted by Gasteiger charge is -1.84. The standard InChI is InChI=1S/C10H8N2OS/c1-7-8(4-5-11)12-10(13-7)9-3-2-6-14-9/h2-3,6H,4H2,1H3. The van der Waals surface area contributed by atoms with Gasteiger partial charge in [-0.15, -0.1) is 11.3 Å². The van der Waals surface area contributed by atoms with Crippen LogP contribution in [0.1, 0.15) is 11.5 Å². The summed E-state index contributed by atoms with van der Waals surface area (Å²) < 4.78 is 5.46. The van der Waals surface area contributed by atoms with E-state index in [1.54, 1.807) is 11.3 Å². The summed E-state index contributed by atoms with van der Waals surface area (Å²) in [6.07, 6.45) is 0.306. The van der Waals surface area contributed by atoms with Crippen LogP contribution in [0.2, 0.25) is 0 Å². The molecule has 0 aliphatic rings. The van der Waals surface area contributed by atoms with Gasteiger partial charge in [-0.1, -0.05) is 6.07 Å². The van der Waals surface area contributed by atoms with Gasteiger partial charge in [0.15, 0.2) is 0 Å². The fourth-order valence-corrected chi connectivity index (χ4v) is 1.82. The predicted octanol–water partition coefficient (Wildman–Crippen LogP) is 2.78. The zero-order valence-corrected chi connectivity index (χ0v) is 8.47. The highest BCUT2D eigenvalue weighted by Crippen LogP contribution is 2.25. The van der Waals surface area contributed by atoms with Crippen LogP contribution in [0.3, 0.4) is 0 Å². The zero-order chi connectivity index (χ0) is 9.97. The molecule has 0 saturated carbocycles. The van der Waals surface area contributed by atoms with E-state index in [1.165, 1.54) is 0 Å². The van der Waals surface area contributed by atoms with E-state index in [4.69, 9.17) is 9.68 Å². The van der Waals surface area contributed by atoms with E-state index in [-0.39, 0.29) is 0 Å². The highest BCUT2D eigenvalue weighted by atomic mass is 32.1. The first-order valence-electron chi connectivity index (χ1n) is 4.18. The minimum atomic E-state index is 0.306. The molecule has 0 unspecified atom stereocenters. The quantitative estimate of drug-likeness (QED) is 0.755. The number of oxazole rings is 1. The Kier molecular flexibility index (Phi) is 2.33. The van der Waals surface area contributed by atoms with Crippen molar-refractivity contribution in [2.24, 2.45) is 0 Å². The van der Waals surface area contributed by atoms with Crippen molar-refractivity contribution >= 4 is 11.3 Å². The van der Waals surface area contributed by atoms with Crippen molar-refractivity contribution < 1.29 is 4.42 Å². The second-order valence-electron chi connectivity index (χ2n) is 2.83. The van der Waals surface area contributed by atoms with E-state index in [0.717, 1.165) is 16.3 Å². The van der Waals surface area contributed by atoms with Crippen molar-refractivity contribution in [3.8, 4) is 16.8 Å². The fraction of sp³-hybridized carbons (Fsp3) is 0.200.